The lowest BCUT2D eigenvalue weighted by Crippen LogP contribution is -2.39. The van der Waals surface area contributed by atoms with Crippen LogP contribution in [-0.2, 0) is 11.3 Å². The van der Waals surface area contributed by atoms with E-state index in [1.807, 2.05) is 13.0 Å². The summed E-state index contributed by atoms with van der Waals surface area (Å²) in [7, 11) is 3.12. The van der Waals surface area contributed by atoms with Crippen molar-refractivity contribution in [1.82, 2.24) is 19.5 Å². The Morgan fingerprint density at radius 2 is 1.94 bits per heavy atom. The molecule has 0 bridgehead atoms. The Bertz CT molecular complexity index is 1320. The highest BCUT2D eigenvalue weighted by Gasteiger charge is 2.24. The molecule has 4 rings (SSSR count). The van der Waals surface area contributed by atoms with Crippen molar-refractivity contribution in [2.24, 2.45) is 0 Å². The highest BCUT2D eigenvalue weighted by Crippen LogP contribution is 2.27. The van der Waals surface area contributed by atoms with Crippen molar-refractivity contribution in [1.29, 1.82) is 0 Å². The topological polar surface area (TPSA) is 100 Å². The summed E-state index contributed by atoms with van der Waals surface area (Å²) in [6.07, 6.45) is 1.98. The largest absolute Gasteiger partial charge is 0.493 e. The lowest BCUT2D eigenvalue weighted by molar-refractivity contribution is -0.125. The van der Waals surface area contributed by atoms with E-state index in [9.17, 15) is 9.59 Å². The van der Waals surface area contributed by atoms with Crippen molar-refractivity contribution >= 4 is 22.5 Å². The number of ether oxygens (including phenoxy) is 2. The summed E-state index contributed by atoms with van der Waals surface area (Å²) in [5, 5.41) is 7.32. The number of nitrogens with zero attached hydrogens (tertiary/aromatic N) is 3. The Hall–Kier alpha value is -3.75. The maximum absolute atomic E-state index is 13.1. The van der Waals surface area contributed by atoms with Gasteiger partial charge in [0.2, 0.25) is 5.91 Å². The molecule has 0 spiro atoms. The fourth-order valence-electron chi connectivity index (χ4n) is 3.77. The third kappa shape index (κ3) is 3.52. The van der Waals surface area contributed by atoms with Gasteiger partial charge < -0.3 is 19.2 Å². The van der Waals surface area contributed by atoms with E-state index in [2.05, 4.69) is 10.4 Å². The summed E-state index contributed by atoms with van der Waals surface area (Å²) in [6.45, 7) is 3.92. The number of benzene rings is 1. The number of amides is 1. The van der Waals surface area contributed by atoms with Crippen LogP contribution in [0.25, 0.3) is 16.6 Å². The van der Waals surface area contributed by atoms with E-state index >= 15 is 0 Å². The van der Waals surface area contributed by atoms with Crippen molar-refractivity contribution in [2.75, 3.05) is 14.2 Å². The van der Waals surface area contributed by atoms with Crippen LogP contribution in [0.2, 0.25) is 0 Å². The second-order valence-electron chi connectivity index (χ2n) is 7.16. The van der Waals surface area contributed by atoms with E-state index in [0.717, 1.165) is 11.1 Å². The van der Waals surface area contributed by atoms with Gasteiger partial charge in [0.25, 0.3) is 5.56 Å². The third-order valence-electron chi connectivity index (χ3n) is 5.33. The Balaban J connectivity index is 1.61. The minimum absolute atomic E-state index is 0.281. The molecule has 4 aromatic rings. The highest BCUT2D eigenvalue weighted by atomic mass is 16.5. The number of nitrogens with one attached hydrogen (secondary N) is 1. The van der Waals surface area contributed by atoms with Gasteiger partial charge in [0.15, 0.2) is 17.1 Å². The molecule has 1 N–H and O–H groups in total. The first-order valence-corrected chi connectivity index (χ1v) is 9.95. The molecular formula is C22H24N4O5. The van der Waals surface area contributed by atoms with E-state index < -0.39 is 6.04 Å². The molecule has 9 heteroatoms. The first-order valence-electron chi connectivity index (χ1n) is 9.95. The maximum Gasteiger partial charge on any atom is 0.291 e. The molecule has 0 saturated heterocycles. The van der Waals surface area contributed by atoms with Crippen molar-refractivity contribution in [3.8, 4) is 11.5 Å². The number of carbonyl (C=O) groups is 1. The molecule has 0 fully saturated rings. The van der Waals surface area contributed by atoms with Crippen LogP contribution in [0, 0.1) is 6.92 Å². The molecule has 162 valence electrons. The first kappa shape index (κ1) is 20.5. The van der Waals surface area contributed by atoms with Gasteiger partial charge in [-0.25, -0.2) is 4.68 Å². The van der Waals surface area contributed by atoms with Crippen LogP contribution in [0.1, 0.15) is 30.8 Å². The Kier molecular flexibility index (Phi) is 5.41. The zero-order valence-corrected chi connectivity index (χ0v) is 17.8. The SMILES string of the molecule is CCC(C(=O)NCc1ccc(OC)c(OC)c1)n1nc(C)n2c(cc3occc32)c1=O. The zero-order valence-electron chi connectivity index (χ0n) is 17.8. The monoisotopic (exact) mass is 424 g/mol. The number of carbonyl (C=O) groups excluding carboxylic acids is 1. The van der Waals surface area contributed by atoms with Crippen LogP contribution in [0.4, 0.5) is 0 Å². The molecule has 1 amide bonds. The lowest BCUT2D eigenvalue weighted by Gasteiger charge is -2.18. The Morgan fingerprint density at radius 3 is 2.65 bits per heavy atom. The van der Waals surface area contributed by atoms with Crippen molar-refractivity contribution in [3.05, 3.63) is 58.3 Å². The minimum Gasteiger partial charge on any atom is -0.493 e. The molecule has 0 aliphatic heterocycles. The summed E-state index contributed by atoms with van der Waals surface area (Å²) < 4.78 is 19.0. The highest BCUT2D eigenvalue weighted by molar-refractivity contribution is 5.83. The quantitative estimate of drug-likeness (QED) is 0.490. The van der Waals surface area contributed by atoms with Crippen LogP contribution in [0.5, 0.6) is 11.5 Å². The molecule has 9 nitrogen and oxygen atoms in total. The number of fused-ring (bicyclic) bond motifs is 3. The van der Waals surface area contributed by atoms with Gasteiger partial charge in [-0.2, -0.15) is 5.10 Å². The van der Waals surface area contributed by atoms with Gasteiger partial charge in [0, 0.05) is 18.7 Å². The molecule has 0 radical (unpaired) electrons. The average Bonchev–Trinajstić information content (AvgIpc) is 3.37. The molecule has 0 aliphatic rings. The number of rotatable bonds is 7. The molecule has 1 atom stereocenters. The Morgan fingerprint density at radius 1 is 1.16 bits per heavy atom. The van der Waals surface area contributed by atoms with Gasteiger partial charge in [-0.15, -0.1) is 0 Å². The molecule has 0 saturated carbocycles. The van der Waals surface area contributed by atoms with Crippen molar-refractivity contribution in [3.63, 3.8) is 0 Å². The number of hydrogen-bond acceptors (Lipinski definition) is 6. The number of furan rings is 1. The van der Waals surface area contributed by atoms with Crippen molar-refractivity contribution in [2.45, 2.75) is 32.9 Å². The zero-order chi connectivity index (χ0) is 22.1. The fraction of sp³-hybridized carbons (Fsp3) is 0.318. The molecule has 1 unspecified atom stereocenters. The molecule has 3 heterocycles. The standard InChI is InChI=1S/C22H24N4O5/c1-5-15(21(27)23-12-14-6-7-18(29-3)20(10-14)30-4)26-22(28)17-11-19-16(8-9-31-19)25(17)13(2)24-26/h6-11,15H,5,12H2,1-4H3,(H,23,27). The molecule has 31 heavy (non-hydrogen) atoms. The molecule has 1 aromatic carbocycles. The normalized spacial score (nSPS) is 12.3. The van der Waals surface area contributed by atoms with Crippen LogP contribution >= 0.6 is 0 Å². The van der Waals surface area contributed by atoms with Crippen molar-refractivity contribution < 1.29 is 18.7 Å². The van der Waals surface area contributed by atoms with Gasteiger partial charge >= 0.3 is 0 Å². The average molecular weight is 424 g/mol. The second kappa shape index (κ2) is 8.17. The molecule has 3 aromatic heterocycles. The minimum atomic E-state index is -0.738. The summed E-state index contributed by atoms with van der Waals surface area (Å²) in [6, 6.07) is 8.15. The molecule has 0 aliphatic carbocycles. The van der Waals surface area contributed by atoms with Gasteiger partial charge in [-0.1, -0.05) is 13.0 Å². The van der Waals surface area contributed by atoms with E-state index in [1.54, 1.807) is 56.1 Å². The number of hydrogen-bond donors (Lipinski definition) is 1. The van der Waals surface area contributed by atoms with Gasteiger partial charge in [-0.3, -0.25) is 14.0 Å². The Labute approximate surface area is 178 Å². The van der Waals surface area contributed by atoms with Gasteiger partial charge in [0.05, 0.1) is 26.0 Å². The summed E-state index contributed by atoms with van der Waals surface area (Å²) in [5.41, 5.74) is 2.30. The molecular weight excluding hydrogens is 400 g/mol. The van der Waals surface area contributed by atoms with Crippen LogP contribution in [0.3, 0.4) is 0 Å². The van der Waals surface area contributed by atoms with Crippen LogP contribution in [0.15, 0.2) is 45.8 Å². The maximum atomic E-state index is 13.1. The van der Waals surface area contributed by atoms with Gasteiger partial charge in [0.1, 0.15) is 17.4 Å². The number of methoxy groups -OCH3 is 2. The van der Waals surface area contributed by atoms with E-state index in [-0.39, 0.29) is 18.0 Å². The van der Waals surface area contributed by atoms with Gasteiger partial charge in [-0.05, 0) is 31.0 Å². The summed E-state index contributed by atoms with van der Waals surface area (Å²) in [5.74, 6) is 1.50. The van der Waals surface area contributed by atoms with Crippen LogP contribution < -0.4 is 20.3 Å². The first-order chi connectivity index (χ1) is 15.0. The lowest BCUT2D eigenvalue weighted by atomic mass is 10.1. The van der Waals surface area contributed by atoms with E-state index in [1.165, 1.54) is 4.68 Å². The number of aromatic nitrogens is 3. The summed E-state index contributed by atoms with van der Waals surface area (Å²) >= 11 is 0. The summed E-state index contributed by atoms with van der Waals surface area (Å²) in [4.78, 5) is 26.1. The number of aryl methyl sites for hydroxylation is 1. The predicted octanol–water partition coefficient (Wildman–Crippen LogP) is 2.84. The smallest absolute Gasteiger partial charge is 0.291 e. The fourth-order valence-corrected chi connectivity index (χ4v) is 3.77. The van der Waals surface area contributed by atoms with E-state index in [0.29, 0.717) is 34.8 Å². The van der Waals surface area contributed by atoms with Crippen LogP contribution in [-0.4, -0.2) is 34.3 Å². The second-order valence-corrected chi connectivity index (χ2v) is 7.16. The van der Waals surface area contributed by atoms with E-state index in [4.69, 9.17) is 13.9 Å². The third-order valence-corrected chi connectivity index (χ3v) is 5.33. The predicted molar refractivity (Wildman–Crippen MR) is 115 cm³/mol.